The third kappa shape index (κ3) is 3.16. The van der Waals surface area contributed by atoms with E-state index in [2.05, 4.69) is 36.9 Å². The molecule has 1 aliphatic heterocycles. The summed E-state index contributed by atoms with van der Waals surface area (Å²) in [5, 5.41) is 0. The van der Waals surface area contributed by atoms with Gasteiger partial charge >= 0.3 is 0 Å². The van der Waals surface area contributed by atoms with Crippen molar-refractivity contribution >= 4 is 0 Å². The van der Waals surface area contributed by atoms with Gasteiger partial charge in [0.15, 0.2) is 0 Å². The molecule has 0 N–H and O–H groups in total. The molecule has 2 aromatic carbocycles. The molecule has 1 nitrogen and oxygen atoms in total. The first-order valence-corrected chi connectivity index (χ1v) is 7.69. The van der Waals surface area contributed by atoms with Gasteiger partial charge < -0.3 is 0 Å². The van der Waals surface area contributed by atoms with Crippen LogP contribution in [0.3, 0.4) is 0 Å². The Morgan fingerprint density at radius 3 is 2.52 bits per heavy atom. The van der Waals surface area contributed by atoms with E-state index in [1.54, 1.807) is 12.1 Å². The molecule has 3 rings (SSSR count). The van der Waals surface area contributed by atoms with Crippen LogP contribution in [0.5, 0.6) is 0 Å². The second-order valence-electron chi connectivity index (χ2n) is 6.10. The van der Waals surface area contributed by atoms with Gasteiger partial charge in [0.1, 0.15) is 5.82 Å². The number of rotatable bonds is 3. The predicted octanol–water partition coefficient (Wildman–Crippen LogP) is 4.78. The summed E-state index contributed by atoms with van der Waals surface area (Å²) in [4.78, 5) is 2.51. The van der Waals surface area contributed by atoms with E-state index >= 15 is 0 Å². The van der Waals surface area contributed by atoms with Crippen molar-refractivity contribution in [1.82, 2.24) is 4.90 Å². The van der Waals surface area contributed by atoms with Gasteiger partial charge in [-0.15, -0.1) is 0 Å². The van der Waals surface area contributed by atoms with Crippen molar-refractivity contribution in [1.29, 1.82) is 0 Å². The number of benzene rings is 2. The Bertz CT molecular complexity index is 618. The van der Waals surface area contributed by atoms with Crippen molar-refractivity contribution in [3.8, 4) is 0 Å². The Morgan fingerprint density at radius 1 is 1.05 bits per heavy atom. The van der Waals surface area contributed by atoms with E-state index in [0.717, 1.165) is 19.5 Å². The lowest BCUT2D eigenvalue weighted by molar-refractivity contribution is 0.248. The Kier molecular flexibility index (Phi) is 4.07. The van der Waals surface area contributed by atoms with Crippen LogP contribution in [0, 0.1) is 19.7 Å². The van der Waals surface area contributed by atoms with Crippen molar-refractivity contribution in [2.24, 2.45) is 0 Å². The minimum Gasteiger partial charge on any atom is -0.292 e. The largest absolute Gasteiger partial charge is 0.292 e. The summed E-state index contributed by atoms with van der Waals surface area (Å²) in [5.74, 6) is -0.155. The van der Waals surface area contributed by atoms with E-state index in [0.29, 0.717) is 6.04 Å². The summed E-state index contributed by atoms with van der Waals surface area (Å²) in [6.45, 7) is 6.41. The normalized spacial score (nSPS) is 19.1. The highest BCUT2D eigenvalue weighted by Gasteiger charge is 2.25. The van der Waals surface area contributed by atoms with Crippen molar-refractivity contribution in [2.45, 2.75) is 39.3 Å². The van der Waals surface area contributed by atoms with E-state index in [1.165, 1.54) is 28.7 Å². The average Bonchev–Trinajstić information content (AvgIpc) is 2.92. The zero-order chi connectivity index (χ0) is 14.8. The molecule has 0 saturated carbocycles. The van der Waals surface area contributed by atoms with Crippen LogP contribution >= 0.6 is 0 Å². The molecule has 1 heterocycles. The highest BCUT2D eigenvalue weighted by Crippen LogP contribution is 2.33. The third-order valence-electron chi connectivity index (χ3n) is 4.58. The van der Waals surface area contributed by atoms with Gasteiger partial charge in [0, 0.05) is 12.6 Å². The molecular weight excluding hydrogens is 261 g/mol. The fourth-order valence-electron chi connectivity index (χ4n) is 3.21. The van der Waals surface area contributed by atoms with Gasteiger partial charge in [-0.2, -0.15) is 0 Å². The van der Waals surface area contributed by atoms with Crippen LogP contribution < -0.4 is 0 Å². The Hall–Kier alpha value is -1.67. The third-order valence-corrected chi connectivity index (χ3v) is 4.58. The summed E-state index contributed by atoms with van der Waals surface area (Å²) >= 11 is 0. The number of hydrogen-bond donors (Lipinski definition) is 0. The highest BCUT2D eigenvalue weighted by atomic mass is 19.1. The summed E-state index contributed by atoms with van der Waals surface area (Å²) in [7, 11) is 0. The number of hydrogen-bond acceptors (Lipinski definition) is 1. The Balaban J connectivity index is 1.77. The minimum atomic E-state index is -0.155. The van der Waals surface area contributed by atoms with Crippen LogP contribution in [0.15, 0.2) is 42.5 Å². The molecular formula is C19H22FN. The van der Waals surface area contributed by atoms with E-state index in [9.17, 15) is 4.39 Å². The van der Waals surface area contributed by atoms with Crippen molar-refractivity contribution < 1.29 is 4.39 Å². The second kappa shape index (κ2) is 5.98. The molecule has 110 valence electrons. The molecule has 0 radical (unpaired) electrons. The van der Waals surface area contributed by atoms with Gasteiger partial charge in [-0.05, 0) is 67.6 Å². The molecule has 2 heteroatoms. The van der Waals surface area contributed by atoms with Crippen molar-refractivity contribution in [3.05, 3.63) is 70.5 Å². The molecule has 1 aliphatic rings. The predicted molar refractivity (Wildman–Crippen MR) is 84.7 cm³/mol. The second-order valence-corrected chi connectivity index (χ2v) is 6.10. The molecule has 0 aliphatic carbocycles. The first-order valence-electron chi connectivity index (χ1n) is 7.69. The number of aryl methyl sites for hydroxylation is 2. The van der Waals surface area contributed by atoms with Crippen LogP contribution in [0.4, 0.5) is 4.39 Å². The van der Waals surface area contributed by atoms with Crippen molar-refractivity contribution in [2.75, 3.05) is 6.54 Å². The van der Waals surface area contributed by atoms with E-state index in [4.69, 9.17) is 0 Å². The fourth-order valence-corrected chi connectivity index (χ4v) is 3.21. The molecule has 0 unspecified atom stereocenters. The molecule has 0 spiro atoms. The van der Waals surface area contributed by atoms with Gasteiger partial charge in [-0.1, -0.05) is 30.3 Å². The lowest BCUT2D eigenvalue weighted by Gasteiger charge is -2.25. The lowest BCUT2D eigenvalue weighted by Crippen LogP contribution is -2.22. The molecule has 0 amide bonds. The summed E-state index contributed by atoms with van der Waals surface area (Å²) < 4.78 is 13.1. The molecule has 1 saturated heterocycles. The molecule has 1 atom stereocenters. The first-order chi connectivity index (χ1) is 10.1. The van der Waals surface area contributed by atoms with Crippen LogP contribution in [0.2, 0.25) is 0 Å². The molecule has 0 aromatic heterocycles. The van der Waals surface area contributed by atoms with Crippen LogP contribution in [-0.2, 0) is 6.54 Å². The van der Waals surface area contributed by atoms with Gasteiger partial charge in [0.05, 0.1) is 0 Å². The minimum absolute atomic E-state index is 0.155. The zero-order valence-corrected chi connectivity index (χ0v) is 12.8. The average molecular weight is 283 g/mol. The van der Waals surface area contributed by atoms with Crippen LogP contribution in [-0.4, -0.2) is 11.4 Å². The maximum atomic E-state index is 13.1. The number of nitrogens with zero attached hydrogens (tertiary/aromatic N) is 1. The van der Waals surface area contributed by atoms with Crippen LogP contribution in [0.1, 0.15) is 41.1 Å². The summed E-state index contributed by atoms with van der Waals surface area (Å²) in [5.41, 5.74) is 5.30. The Morgan fingerprint density at radius 2 is 1.81 bits per heavy atom. The fraction of sp³-hybridized carbons (Fsp3) is 0.368. The van der Waals surface area contributed by atoms with Crippen molar-refractivity contribution in [3.63, 3.8) is 0 Å². The number of likely N-dealkylation sites (tertiary alicyclic amines) is 1. The summed E-state index contributed by atoms with van der Waals surface area (Å²) in [6, 6.07) is 14.1. The molecule has 0 bridgehead atoms. The molecule has 21 heavy (non-hydrogen) atoms. The van der Waals surface area contributed by atoms with E-state index < -0.39 is 0 Å². The van der Waals surface area contributed by atoms with Gasteiger partial charge in [-0.25, -0.2) is 4.39 Å². The van der Waals surface area contributed by atoms with E-state index in [-0.39, 0.29) is 5.82 Å². The quantitative estimate of drug-likeness (QED) is 0.783. The first kappa shape index (κ1) is 14.3. The monoisotopic (exact) mass is 283 g/mol. The summed E-state index contributed by atoms with van der Waals surface area (Å²) in [6.07, 6.45) is 2.38. The zero-order valence-electron chi connectivity index (χ0n) is 12.8. The van der Waals surface area contributed by atoms with Gasteiger partial charge in [0.2, 0.25) is 0 Å². The number of halogens is 1. The van der Waals surface area contributed by atoms with Gasteiger partial charge in [0.25, 0.3) is 0 Å². The smallest absolute Gasteiger partial charge is 0.123 e. The Labute approximate surface area is 126 Å². The standard InChI is InChI=1S/C19H22FN/c1-14-5-6-16(12-15(14)2)13-21-11-3-4-19(21)17-7-9-18(20)10-8-17/h5-10,12,19H,3-4,11,13H2,1-2H3/t19-/m0/s1. The molecule has 2 aromatic rings. The maximum absolute atomic E-state index is 13.1. The van der Waals surface area contributed by atoms with Gasteiger partial charge in [-0.3, -0.25) is 4.90 Å². The van der Waals surface area contributed by atoms with Crippen LogP contribution in [0.25, 0.3) is 0 Å². The lowest BCUT2D eigenvalue weighted by atomic mass is 10.0. The highest BCUT2D eigenvalue weighted by molar-refractivity contribution is 5.30. The van der Waals surface area contributed by atoms with E-state index in [1.807, 2.05) is 12.1 Å². The SMILES string of the molecule is Cc1ccc(CN2CCC[C@H]2c2ccc(F)cc2)cc1C. The topological polar surface area (TPSA) is 3.24 Å². The maximum Gasteiger partial charge on any atom is 0.123 e. The molecule has 1 fully saturated rings.